The number of methoxy groups -OCH3 is 1. The molecule has 8 nitrogen and oxygen atoms in total. The van der Waals surface area contributed by atoms with Gasteiger partial charge in [0.05, 0.1) is 12.8 Å². The molecule has 1 aliphatic heterocycles. The summed E-state index contributed by atoms with van der Waals surface area (Å²) in [6, 6.07) is 6.29. The molecule has 3 aromatic heterocycles. The Morgan fingerprint density at radius 1 is 1.29 bits per heavy atom. The number of pyridine rings is 2. The Bertz CT molecular complexity index is 1230. The van der Waals surface area contributed by atoms with Crippen molar-refractivity contribution in [3.8, 4) is 17.1 Å². The molecule has 0 bridgehead atoms. The van der Waals surface area contributed by atoms with E-state index in [-0.39, 0.29) is 23.3 Å². The van der Waals surface area contributed by atoms with E-state index < -0.39 is 18.0 Å². The van der Waals surface area contributed by atoms with Gasteiger partial charge in [0.1, 0.15) is 5.82 Å². The number of ether oxygens (including phenoxy) is 1. The van der Waals surface area contributed by atoms with Gasteiger partial charge in [-0.2, -0.15) is 0 Å². The lowest BCUT2D eigenvalue weighted by atomic mass is 9.97. The standard InChI is InChI=1S/C24H27F3N6O2/c1-14-17(18-13-32(3)22(31-18)21(25)26)5-6-19(29-14)30-16-8-10-33(12-16)23(34)24(2,27)15-7-9-28-20(11-15)35-4/h5-7,9,11,13,16,21H,8,10,12H2,1-4H3,(H,29,30)/t16-,24+/m0/s1. The van der Waals surface area contributed by atoms with E-state index in [1.165, 1.54) is 48.9 Å². The number of carbonyl (C=O) groups excluding carboxylic acids is 1. The number of amides is 1. The molecule has 1 amide bonds. The molecule has 1 N–H and O–H groups in total. The first-order valence-electron chi connectivity index (χ1n) is 11.1. The molecule has 0 unspecified atom stereocenters. The molecule has 4 heterocycles. The Labute approximate surface area is 201 Å². The van der Waals surface area contributed by atoms with Gasteiger partial charge in [-0.25, -0.2) is 28.1 Å². The number of rotatable bonds is 7. The highest BCUT2D eigenvalue weighted by molar-refractivity contribution is 5.86. The van der Waals surface area contributed by atoms with Crippen molar-refractivity contribution in [3.05, 3.63) is 53.7 Å². The fourth-order valence-corrected chi connectivity index (χ4v) is 4.23. The molecule has 0 aliphatic carbocycles. The molecule has 11 heteroatoms. The Morgan fingerprint density at radius 2 is 2.06 bits per heavy atom. The number of nitrogens with zero attached hydrogens (tertiary/aromatic N) is 5. The van der Waals surface area contributed by atoms with E-state index in [1.54, 1.807) is 25.3 Å². The second kappa shape index (κ2) is 9.55. The molecule has 0 spiro atoms. The van der Waals surface area contributed by atoms with Crippen LogP contribution in [-0.4, -0.2) is 56.6 Å². The average molecular weight is 489 g/mol. The highest BCUT2D eigenvalue weighted by atomic mass is 19.3. The first-order valence-corrected chi connectivity index (χ1v) is 11.1. The number of aromatic nitrogens is 4. The van der Waals surface area contributed by atoms with Gasteiger partial charge in [-0.1, -0.05) is 0 Å². The minimum absolute atomic E-state index is 0.111. The van der Waals surface area contributed by atoms with Crippen LogP contribution in [0.5, 0.6) is 5.88 Å². The fourth-order valence-electron chi connectivity index (χ4n) is 4.23. The molecular formula is C24H27F3N6O2. The zero-order valence-corrected chi connectivity index (χ0v) is 19.9. The van der Waals surface area contributed by atoms with E-state index in [0.29, 0.717) is 42.3 Å². The SMILES string of the molecule is COc1cc([C@@](C)(F)C(=O)N2CC[C@H](Nc3ccc(-c4cn(C)c(C(F)F)n4)c(C)n3)C2)ccn1. The first-order chi connectivity index (χ1) is 16.6. The summed E-state index contributed by atoms with van der Waals surface area (Å²) in [5, 5.41) is 3.29. The molecule has 4 rings (SSSR count). The molecule has 2 atom stereocenters. The maximum Gasteiger partial charge on any atom is 0.295 e. The number of hydrogen-bond donors (Lipinski definition) is 1. The first kappa shape index (κ1) is 24.5. The third-order valence-electron chi connectivity index (χ3n) is 6.18. The topological polar surface area (TPSA) is 85.2 Å². The van der Waals surface area contributed by atoms with E-state index in [2.05, 4.69) is 20.3 Å². The van der Waals surface area contributed by atoms with Gasteiger partial charge in [-0.3, -0.25) is 4.79 Å². The molecule has 0 aromatic carbocycles. The van der Waals surface area contributed by atoms with Crippen LogP contribution < -0.4 is 10.1 Å². The zero-order valence-electron chi connectivity index (χ0n) is 19.9. The van der Waals surface area contributed by atoms with Gasteiger partial charge in [0, 0.05) is 61.5 Å². The van der Waals surface area contributed by atoms with Crippen LogP contribution in [-0.2, 0) is 17.5 Å². The predicted octanol–water partition coefficient (Wildman–Crippen LogP) is 4.03. The van der Waals surface area contributed by atoms with Crippen LogP contribution >= 0.6 is 0 Å². The van der Waals surface area contributed by atoms with Crippen LogP contribution in [0.2, 0.25) is 0 Å². The van der Waals surface area contributed by atoms with Gasteiger partial charge in [0.25, 0.3) is 12.3 Å². The molecular weight excluding hydrogens is 461 g/mol. The monoisotopic (exact) mass is 488 g/mol. The maximum atomic E-state index is 15.5. The van der Waals surface area contributed by atoms with Crippen LogP contribution in [0.15, 0.2) is 36.7 Å². The Hall–Kier alpha value is -3.63. The second-order valence-electron chi connectivity index (χ2n) is 8.70. The van der Waals surface area contributed by atoms with Crippen molar-refractivity contribution in [1.82, 2.24) is 24.4 Å². The summed E-state index contributed by atoms with van der Waals surface area (Å²) in [7, 11) is 2.96. The summed E-state index contributed by atoms with van der Waals surface area (Å²) in [4.78, 5) is 27.0. The highest BCUT2D eigenvalue weighted by Gasteiger charge is 2.41. The number of halogens is 3. The third kappa shape index (κ3) is 4.94. The van der Waals surface area contributed by atoms with Crippen LogP contribution in [0.25, 0.3) is 11.3 Å². The number of likely N-dealkylation sites (tertiary alicyclic amines) is 1. The lowest BCUT2D eigenvalue weighted by molar-refractivity contribution is -0.142. The number of imidazole rings is 1. The molecule has 186 valence electrons. The van der Waals surface area contributed by atoms with E-state index in [0.717, 1.165) is 0 Å². The summed E-state index contributed by atoms with van der Waals surface area (Å²) < 4.78 is 48.0. The number of carbonyl (C=O) groups is 1. The third-order valence-corrected chi connectivity index (χ3v) is 6.18. The van der Waals surface area contributed by atoms with Crippen molar-refractivity contribution >= 4 is 11.7 Å². The fraction of sp³-hybridized carbons (Fsp3) is 0.417. The minimum atomic E-state index is -2.66. The van der Waals surface area contributed by atoms with E-state index in [1.807, 2.05) is 0 Å². The number of hydrogen-bond acceptors (Lipinski definition) is 6. The number of nitrogens with one attached hydrogen (secondary N) is 1. The van der Waals surface area contributed by atoms with Gasteiger partial charge < -0.3 is 19.5 Å². The van der Waals surface area contributed by atoms with Gasteiger partial charge in [-0.15, -0.1) is 0 Å². The molecule has 35 heavy (non-hydrogen) atoms. The molecule has 1 saturated heterocycles. The molecule has 0 saturated carbocycles. The van der Waals surface area contributed by atoms with Crippen LogP contribution in [0, 0.1) is 6.92 Å². The largest absolute Gasteiger partial charge is 0.481 e. The summed E-state index contributed by atoms with van der Waals surface area (Å²) >= 11 is 0. The summed E-state index contributed by atoms with van der Waals surface area (Å²) in [6.45, 7) is 3.74. The van der Waals surface area contributed by atoms with Crippen molar-refractivity contribution < 1.29 is 22.7 Å². The average Bonchev–Trinajstić information content (AvgIpc) is 3.45. The highest BCUT2D eigenvalue weighted by Crippen LogP contribution is 2.32. The van der Waals surface area contributed by atoms with E-state index >= 15 is 4.39 Å². The lowest BCUT2D eigenvalue weighted by Crippen LogP contribution is -2.42. The van der Waals surface area contributed by atoms with Crippen molar-refractivity contribution in [2.45, 2.75) is 38.4 Å². The summed E-state index contributed by atoms with van der Waals surface area (Å²) in [5.74, 6) is -0.111. The van der Waals surface area contributed by atoms with Gasteiger partial charge in [0.2, 0.25) is 11.5 Å². The predicted molar refractivity (Wildman–Crippen MR) is 124 cm³/mol. The Balaban J connectivity index is 1.43. The molecule has 1 aliphatic rings. The number of anilines is 1. The molecule has 3 aromatic rings. The van der Waals surface area contributed by atoms with E-state index in [9.17, 15) is 13.6 Å². The molecule has 1 fully saturated rings. The zero-order chi connectivity index (χ0) is 25.3. The van der Waals surface area contributed by atoms with E-state index in [4.69, 9.17) is 4.74 Å². The van der Waals surface area contributed by atoms with Gasteiger partial charge in [0.15, 0.2) is 5.82 Å². The maximum absolute atomic E-state index is 15.5. The van der Waals surface area contributed by atoms with Crippen LogP contribution in [0.1, 0.15) is 36.9 Å². The quantitative estimate of drug-likeness (QED) is 0.541. The second-order valence-corrected chi connectivity index (χ2v) is 8.70. The van der Waals surface area contributed by atoms with Crippen molar-refractivity contribution in [2.75, 3.05) is 25.5 Å². The van der Waals surface area contributed by atoms with Gasteiger partial charge >= 0.3 is 0 Å². The van der Waals surface area contributed by atoms with Crippen molar-refractivity contribution in [3.63, 3.8) is 0 Å². The smallest absolute Gasteiger partial charge is 0.295 e. The molecule has 0 radical (unpaired) electrons. The van der Waals surface area contributed by atoms with Crippen molar-refractivity contribution in [2.24, 2.45) is 7.05 Å². The summed E-state index contributed by atoms with van der Waals surface area (Å²) in [5.41, 5.74) is -0.332. The normalized spacial score (nSPS) is 17.5. The number of alkyl halides is 3. The van der Waals surface area contributed by atoms with Gasteiger partial charge in [-0.05, 0) is 38.5 Å². The Kier molecular flexibility index (Phi) is 6.68. The minimum Gasteiger partial charge on any atom is -0.481 e. The lowest BCUT2D eigenvalue weighted by Gasteiger charge is -2.26. The van der Waals surface area contributed by atoms with Crippen LogP contribution in [0.4, 0.5) is 19.0 Å². The summed E-state index contributed by atoms with van der Waals surface area (Å²) in [6.07, 6.45) is 0.917. The number of aryl methyl sites for hydroxylation is 2. The van der Waals surface area contributed by atoms with Crippen molar-refractivity contribution in [1.29, 1.82) is 0 Å². The van der Waals surface area contributed by atoms with Crippen LogP contribution in [0.3, 0.4) is 0 Å². The Morgan fingerprint density at radius 3 is 2.71 bits per heavy atom.